The lowest BCUT2D eigenvalue weighted by Crippen LogP contribution is -1.62. The predicted octanol–water partition coefficient (Wildman–Crippen LogP) is 3.04. The monoisotopic (exact) mass is 166 g/mol. The van der Waals surface area contributed by atoms with E-state index in [9.17, 15) is 0 Å². The minimum atomic E-state index is 1.00. The number of benzene rings is 1. The molecular weight excluding hydrogens is 148 g/mol. The summed E-state index contributed by atoms with van der Waals surface area (Å²) in [5, 5.41) is 0. The van der Waals surface area contributed by atoms with Gasteiger partial charge in [0.15, 0.2) is 0 Å². The van der Waals surface area contributed by atoms with Crippen molar-refractivity contribution in [3.63, 3.8) is 0 Å². The topological polar surface area (TPSA) is 12.5 Å². The summed E-state index contributed by atoms with van der Waals surface area (Å²) in [6, 6.07) is 10.3. The van der Waals surface area contributed by atoms with Crippen LogP contribution in [0.2, 0.25) is 0 Å². The van der Waals surface area contributed by atoms with Crippen molar-refractivity contribution < 1.29 is 4.74 Å². The molecule has 0 amide bonds. The van der Waals surface area contributed by atoms with Crippen LogP contribution in [0.25, 0.3) is 0 Å². The van der Waals surface area contributed by atoms with Crippen LogP contribution in [0.4, 0.5) is 0 Å². The molecule has 0 aliphatic carbocycles. The third-order valence-corrected chi connectivity index (χ3v) is 1.14. The van der Waals surface area contributed by atoms with Crippen LogP contribution < -0.4 is 0 Å². The first-order valence-corrected chi connectivity index (χ1v) is 4.49. The number of hydrogen-bond acceptors (Lipinski definition) is 1. The lowest BCUT2D eigenvalue weighted by Gasteiger charge is -1.82. The van der Waals surface area contributed by atoms with Crippen molar-refractivity contribution in [3.8, 4) is 0 Å². The maximum atomic E-state index is 4.50. The van der Waals surface area contributed by atoms with Crippen LogP contribution in [0.15, 0.2) is 30.3 Å². The Morgan fingerprint density at radius 2 is 1.42 bits per heavy atom. The molecule has 0 atom stereocenters. The van der Waals surface area contributed by atoms with Gasteiger partial charge in [-0.3, -0.25) is 0 Å². The van der Waals surface area contributed by atoms with Crippen LogP contribution in [0.3, 0.4) is 0 Å². The molecule has 1 aliphatic rings. The van der Waals surface area contributed by atoms with Gasteiger partial charge in [-0.1, -0.05) is 49.7 Å². The highest BCUT2D eigenvalue weighted by Crippen LogP contribution is 1.92. The summed E-state index contributed by atoms with van der Waals surface area (Å²) < 4.78 is 4.50. The third-order valence-electron chi connectivity index (χ3n) is 1.14. The quantitative estimate of drug-likeness (QED) is 0.540. The first-order valence-electron chi connectivity index (χ1n) is 4.49. The van der Waals surface area contributed by atoms with Gasteiger partial charge in [-0.2, -0.15) is 0 Å². The van der Waals surface area contributed by atoms with Gasteiger partial charge < -0.3 is 4.74 Å². The van der Waals surface area contributed by atoms with Gasteiger partial charge in [-0.15, -0.1) is 0 Å². The van der Waals surface area contributed by atoms with E-state index >= 15 is 0 Å². The average molecular weight is 166 g/mol. The molecule has 1 saturated heterocycles. The summed E-state index contributed by atoms with van der Waals surface area (Å²) in [6.45, 7) is 8.08. The highest BCUT2D eigenvalue weighted by atomic mass is 16.6. The van der Waals surface area contributed by atoms with Crippen molar-refractivity contribution in [1.82, 2.24) is 0 Å². The number of ether oxygens (including phenoxy) is 1. The number of aryl methyl sites for hydroxylation is 1. The number of hydrogen-bond donors (Lipinski definition) is 0. The Hall–Kier alpha value is -0.820. The fraction of sp³-hybridized carbons (Fsp3) is 0.455. The van der Waals surface area contributed by atoms with Crippen LogP contribution >= 0.6 is 0 Å². The summed E-state index contributed by atoms with van der Waals surface area (Å²) in [5.74, 6) is 0. The molecule has 1 fully saturated rings. The van der Waals surface area contributed by atoms with Gasteiger partial charge in [0.1, 0.15) is 0 Å². The fourth-order valence-corrected chi connectivity index (χ4v) is 0.534. The first kappa shape index (κ1) is 11.2. The highest BCUT2D eigenvalue weighted by molar-refractivity contribution is 5.11. The minimum absolute atomic E-state index is 1.00. The normalized spacial score (nSPS) is 11.6. The Kier molecular flexibility index (Phi) is 7.71. The molecular formula is C11H18O. The van der Waals surface area contributed by atoms with E-state index in [0.717, 1.165) is 13.2 Å². The first-order chi connectivity index (χ1) is 5.89. The van der Waals surface area contributed by atoms with E-state index < -0.39 is 0 Å². The predicted molar refractivity (Wildman–Crippen MR) is 53.3 cm³/mol. The molecule has 1 heterocycles. The summed E-state index contributed by atoms with van der Waals surface area (Å²) >= 11 is 0. The van der Waals surface area contributed by atoms with Crippen LogP contribution in [0, 0.1) is 6.92 Å². The molecule has 0 aromatic heterocycles. The largest absolute Gasteiger partial charge is 0.377 e. The van der Waals surface area contributed by atoms with E-state index in [-0.39, 0.29) is 0 Å². The Morgan fingerprint density at radius 1 is 1.00 bits per heavy atom. The minimum Gasteiger partial charge on any atom is -0.377 e. The van der Waals surface area contributed by atoms with Gasteiger partial charge in [-0.05, 0) is 6.92 Å². The molecule has 0 unspecified atom stereocenters. The smallest absolute Gasteiger partial charge is 0.0701 e. The molecule has 1 aliphatic heterocycles. The van der Waals surface area contributed by atoms with Crippen molar-refractivity contribution in [2.75, 3.05) is 13.2 Å². The Morgan fingerprint density at radius 3 is 1.58 bits per heavy atom. The second-order valence-corrected chi connectivity index (χ2v) is 2.27. The maximum absolute atomic E-state index is 4.50. The van der Waals surface area contributed by atoms with Gasteiger partial charge >= 0.3 is 0 Å². The molecule has 0 saturated carbocycles. The SMILES string of the molecule is C1CO1.CC.Cc1ccccc1. The molecule has 1 heteroatoms. The van der Waals surface area contributed by atoms with Gasteiger partial charge in [0, 0.05) is 0 Å². The molecule has 2 rings (SSSR count). The lowest BCUT2D eigenvalue weighted by atomic mass is 10.2. The second-order valence-electron chi connectivity index (χ2n) is 2.27. The Labute approximate surface area is 75.4 Å². The zero-order valence-corrected chi connectivity index (χ0v) is 8.21. The van der Waals surface area contributed by atoms with Crippen LogP contribution in [-0.2, 0) is 4.74 Å². The van der Waals surface area contributed by atoms with E-state index in [0.29, 0.717) is 0 Å². The molecule has 12 heavy (non-hydrogen) atoms. The standard InChI is InChI=1S/C7H8.C2H4O.C2H6/c1-7-5-3-2-4-6-7;1-2-3-1;1-2/h2-6H,1H3;1-2H2;1-2H3. The van der Waals surface area contributed by atoms with Crippen molar-refractivity contribution in [3.05, 3.63) is 35.9 Å². The van der Waals surface area contributed by atoms with Crippen LogP contribution in [0.1, 0.15) is 19.4 Å². The van der Waals surface area contributed by atoms with Crippen molar-refractivity contribution >= 4 is 0 Å². The van der Waals surface area contributed by atoms with Crippen molar-refractivity contribution in [1.29, 1.82) is 0 Å². The molecule has 0 N–H and O–H groups in total. The lowest BCUT2D eigenvalue weighted by molar-refractivity contribution is 0.475. The molecule has 1 nitrogen and oxygen atoms in total. The Balaban J connectivity index is 0.000000202. The van der Waals surface area contributed by atoms with Gasteiger partial charge in [0.2, 0.25) is 0 Å². The van der Waals surface area contributed by atoms with Crippen LogP contribution in [0.5, 0.6) is 0 Å². The van der Waals surface area contributed by atoms with E-state index in [1.807, 2.05) is 32.0 Å². The van der Waals surface area contributed by atoms with Crippen LogP contribution in [-0.4, -0.2) is 13.2 Å². The zero-order valence-electron chi connectivity index (χ0n) is 8.21. The summed E-state index contributed by atoms with van der Waals surface area (Å²) in [4.78, 5) is 0. The fourth-order valence-electron chi connectivity index (χ4n) is 0.534. The van der Waals surface area contributed by atoms with Crippen molar-refractivity contribution in [2.24, 2.45) is 0 Å². The summed E-state index contributed by atoms with van der Waals surface area (Å²) in [6.07, 6.45) is 0. The van der Waals surface area contributed by atoms with Gasteiger partial charge in [0.25, 0.3) is 0 Å². The van der Waals surface area contributed by atoms with E-state index in [1.54, 1.807) is 0 Å². The summed E-state index contributed by atoms with van der Waals surface area (Å²) in [5.41, 5.74) is 1.32. The Bertz CT molecular complexity index is 165. The van der Waals surface area contributed by atoms with Gasteiger partial charge in [-0.25, -0.2) is 0 Å². The maximum Gasteiger partial charge on any atom is 0.0701 e. The third kappa shape index (κ3) is 9.18. The van der Waals surface area contributed by atoms with E-state index in [1.165, 1.54) is 5.56 Å². The van der Waals surface area contributed by atoms with Crippen molar-refractivity contribution in [2.45, 2.75) is 20.8 Å². The molecule has 0 radical (unpaired) electrons. The van der Waals surface area contributed by atoms with Gasteiger partial charge in [0.05, 0.1) is 13.2 Å². The zero-order chi connectivity index (χ0) is 9.23. The van der Waals surface area contributed by atoms with E-state index in [2.05, 4.69) is 23.8 Å². The number of rotatable bonds is 0. The highest BCUT2D eigenvalue weighted by Gasteiger charge is 1.94. The molecule has 0 bridgehead atoms. The number of epoxide rings is 1. The second kappa shape index (κ2) is 8.28. The molecule has 1 aromatic rings. The molecule has 0 spiro atoms. The average Bonchev–Trinajstić information content (AvgIpc) is 2.95. The molecule has 68 valence electrons. The van der Waals surface area contributed by atoms with E-state index in [4.69, 9.17) is 0 Å². The molecule has 1 aromatic carbocycles. The summed E-state index contributed by atoms with van der Waals surface area (Å²) in [7, 11) is 0.